The fraction of sp³-hybridized carbons (Fsp3) is 0.500. The molecule has 0 unspecified atom stereocenters. The number of unbranched alkanes of at least 4 members (excludes halogenated alkanes) is 3. The molecule has 0 saturated carbocycles. The molecule has 1 heterocycles. The van der Waals surface area contributed by atoms with Crippen molar-refractivity contribution in [3.05, 3.63) is 35.4 Å². The van der Waals surface area contributed by atoms with Crippen molar-refractivity contribution in [1.82, 2.24) is 0 Å². The van der Waals surface area contributed by atoms with E-state index in [1.54, 1.807) is 24.3 Å². The second kappa shape index (κ2) is 6.55. The number of carboxylic acid groups (broad SMARTS) is 1. The lowest BCUT2D eigenvalue weighted by molar-refractivity contribution is -0.142. The molecule has 1 N–H and O–H groups in total. The van der Waals surface area contributed by atoms with Crippen LogP contribution in [0.15, 0.2) is 24.3 Å². The number of carbonyl (C=O) groups is 2. The van der Waals surface area contributed by atoms with Crippen molar-refractivity contribution in [2.75, 3.05) is 0 Å². The summed E-state index contributed by atoms with van der Waals surface area (Å²) in [6.07, 6.45) is 4.23. The van der Waals surface area contributed by atoms with Crippen LogP contribution in [0.25, 0.3) is 0 Å². The highest BCUT2D eigenvalue weighted by Crippen LogP contribution is 2.34. The Hall–Kier alpha value is -1.84. The number of benzene rings is 1. The van der Waals surface area contributed by atoms with Crippen molar-refractivity contribution in [3.8, 4) is 0 Å². The van der Waals surface area contributed by atoms with E-state index in [2.05, 4.69) is 6.92 Å². The van der Waals surface area contributed by atoms with E-state index in [-0.39, 0.29) is 0 Å². The molecule has 0 bridgehead atoms. The molecule has 2 atom stereocenters. The van der Waals surface area contributed by atoms with Crippen LogP contribution in [0.3, 0.4) is 0 Å². The van der Waals surface area contributed by atoms with E-state index in [9.17, 15) is 14.7 Å². The number of cyclic esters (lactones) is 1. The summed E-state index contributed by atoms with van der Waals surface area (Å²) in [5.41, 5.74) is 0.960. The van der Waals surface area contributed by atoms with E-state index in [4.69, 9.17) is 4.74 Å². The molecule has 0 radical (unpaired) electrons. The lowest BCUT2D eigenvalue weighted by Gasteiger charge is -2.30. The summed E-state index contributed by atoms with van der Waals surface area (Å²) < 4.78 is 5.35. The van der Waals surface area contributed by atoms with Gasteiger partial charge in [0.1, 0.15) is 12.0 Å². The molecule has 0 saturated heterocycles. The second-order valence-corrected chi connectivity index (χ2v) is 5.20. The highest BCUT2D eigenvalue weighted by Gasteiger charge is 2.39. The molecule has 1 aliphatic heterocycles. The number of esters is 1. The largest absolute Gasteiger partial charge is 0.481 e. The van der Waals surface area contributed by atoms with Gasteiger partial charge in [0.2, 0.25) is 0 Å². The summed E-state index contributed by atoms with van der Waals surface area (Å²) in [6.45, 7) is 2.12. The predicted molar refractivity (Wildman–Crippen MR) is 74.8 cm³/mol. The Morgan fingerprint density at radius 3 is 2.70 bits per heavy atom. The molecule has 108 valence electrons. The third kappa shape index (κ3) is 3.00. The smallest absolute Gasteiger partial charge is 0.338 e. The zero-order valence-electron chi connectivity index (χ0n) is 11.7. The summed E-state index contributed by atoms with van der Waals surface area (Å²) in [5.74, 6) is -2.07. The third-order valence-electron chi connectivity index (χ3n) is 3.75. The van der Waals surface area contributed by atoms with Crippen molar-refractivity contribution in [2.45, 2.75) is 51.0 Å². The molecule has 0 fully saturated rings. The second-order valence-electron chi connectivity index (χ2n) is 5.20. The number of hydrogen-bond donors (Lipinski definition) is 1. The van der Waals surface area contributed by atoms with Crippen LogP contribution in [0.2, 0.25) is 0 Å². The van der Waals surface area contributed by atoms with Crippen molar-refractivity contribution < 1.29 is 19.4 Å². The summed E-state index contributed by atoms with van der Waals surface area (Å²) >= 11 is 0. The molecule has 1 aliphatic rings. The van der Waals surface area contributed by atoms with Crippen LogP contribution in [-0.2, 0) is 9.53 Å². The third-order valence-corrected chi connectivity index (χ3v) is 3.75. The van der Waals surface area contributed by atoms with Crippen LogP contribution in [0.5, 0.6) is 0 Å². The van der Waals surface area contributed by atoms with Gasteiger partial charge in [0.15, 0.2) is 0 Å². The van der Waals surface area contributed by atoms with Crippen LogP contribution in [0, 0.1) is 0 Å². The first-order valence-electron chi connectivity index (χ1n) is 7.18. The molecule has 0 aromatic heterocycles. The van der Waals surface area contributed by atoms with E-state index in [1.807, 2.05) is 0 Å². The lowest BCUT2D eigenvalue weighted by Crippen LogP contribution is -2.36. The predicted octanol–water partition coefficient (Wildman–Crippen LogP) is 3.36. The molecular weight excluding hydrogens is 256 g/mol. The SMILES string of the molecule is CCCCCC[C@H]1OC(=O)c2ccccc2[C@@H]1C(=O)O. The minimum atomic E-state index is -0.926. The van der Waals surface area contributed by atoms with E-state index >= 15 is 0 Å². The van der Waals surface area contributed by atoms with Gasteiger partial charge in [-0.25, -0.2) is 4.79 Å². The summed E-state index contributed by atoms with van der Waals surface area (Å²) in [5, 5.41) is 9.45. The van der Waals surface area contributed by atoms with Gasteiger partial charge in [-0.1, -0.05) is 44.4 Å². The van der Waals surface area contributed by atoms with Gasteiger partial charge in [-0.2, -0.15) is 0 Å². The van der Waals surface area contributed by atoms with E-state index < -0.39 is 24.0 Å². The van der Waals surface area contributed by atoms with Gasteiger partial charge in [0, 0.05) is 0 Å². The monoisotopic (exact) mass is 276 g/mol. The molecule has 4 nitrogen and oxygen atoms in total. The van der Waals surface area contributed by atoms with Crippen LogP contribution in [-0.4, -0.2) is 23.1 Å². The molecule has 4 heteroatoms. The van der Waals surface area contributed by atoms with Crippen molar-refractivity contribution >= 4 is 11.9 Å². The van der Waals surface area contributed by atoms with Crippen LogP contribution in [0.1, 0.15) is 60.9 Å². The van der Waals surface area contributed by atoms with Gasteiger partial charge in [0.05, 0.1) is 5.56 Å². The average molecular weight is 276 g/mol. The van der Waals surface area contributed by atoms with Gasteiger partial charge in [0.25, 0.3) is 0 Å². The Balaban J connectivity index is 2.17. The van der Waals surface area contributed by atoms with Crippen molar-refractivity contribution in [3.63, 3.8) is 0 Å². The highest BCUT2D eigenvalue weighted by molar-refractivity contribution is 5.95. The Labute approximate surface area is 118 Å². The van der Waals surface area contributed by atoms with E-state index in [0.717, 1.165) is 25.7 Å². The van der Waals surface area contributed by atoms with Crippen LogP contribution >= 0.6 is 0 Å². The quantitative estimate of drug-likeness (QED) is 0.639. The lowest BCUT2D eigenvalue weighted by atomic mass is 9.85. The number of fused-ring (bicyclic) bond motifs is 1. The zero-order chi connectivity index (χ0) is 14.5. The Morgan fingerprint density at radius 1 is 1.25 bits per heavy atom. The number of rotatable bonds is 6. The normalized spacial score (nSPS) is 21.1. The van der Waals surface area contributed by atoms with Gasteiger partial charge >= 0.3 is 11.9 Å². The van der Waals surface area contributed by atoms with Gasteiger partial charge in [-0.15, -0.1) is 0 Å². The van der Waals surface area contributed by atoms with Gasteiger partial charge in [-0.05, 0) is 24.5 Å². The van der Waals surface area contributed by atoms with Crippen molar-refractivity contribution in [2.24, 2.45) is 0 Å². The van der Waals surface area contributed by atoms with Crippen molar-refractivity contribution in [1.29, 1.82) is 0 Å². The summed E-state index contributed by atoms with van der Waals surface area (Å²) in [4.78, 5) is 23.5. The number of carboxylic acids is 1. The Morgan fingerprint density at radius 2 is 2.00 bits per heavy atom. The number of ether oxygens (including phenoxy) is 1. The summed E-state index contributed by atoms with van der Waals surface area (Å²) in [7, 11) is 0. The maximum absolute atomic E-state index is 11.9. The first-order valence-corrected chi connectivity index (χ1v) is 7.18. The molecule has 20 heavy (non-hydrogen) atoms. The highest BCUT2D eigenvalue weighted by atomic mass is 16.5. The Kier molecular flexibility index (Phi) is 4.77. The summed E-state index contributed by atoms with van der Waals surface area (Å²) in [6, 6.07) is 6.83. The fourth-order valence-electron chi connectivity index (χ4n) is 2.71. The molecule has 0 aliphatic carbocycles. The molecular formula is C16H20O4. The molecule has 1 aromatic carbocycles. The first-order chi connectivity index (χ1) is 9.65. The van der Waals surface area contributed by atoms with Gasteiger partial charge in [-0.3, -0.25) is 4.79 Å². The molecule has 0 amide bonds. The topological polar surface area (TPSA) is 63.6 Å². The molecule has 1 aromatic rings. The number of carbonyl (C=O) groups excluding carboxylic acids is 1. The fourth-order valence-corrected chi connectivity index (χ4v) is 2.71. The van der Waals surface area contributed by atoms with Crippen LogP contribution in [0.4, 0.5) is 0 Å². The van der Waals surface area contributed by atoms with E-state index in [1.165, 1.54) is 0 Å². The van der Waals surface area contributed by atoms with Crippen LogP contribution < -0.4 is 0 Å². The molecule has 2 rings (SSSR count). The van der Waals surface area contributed by atoms with E-state index in [0.29, 0.717) is 17.5 Å². The molecule has 0 spiro atoms. The number of aliphatic carboxylic acids is 1. The maximum Gasteiger partial charge on any atom is 0.338 e. The standard InChI is InChI=1S/C16H20O4/c1-2-3-4-5-10-13-14(15(17)18)11-8-6-7-9-12(11)16(19)20-13/h6-9,13-14H,2-5,10H2,1H3,(H,17,18)/t13-,14+/m1/s1. The maximum atomic E-state index is 11.9. The Bertz CT molecular complexity index is 495. The minimum absolute atomic E-state index is 0.379. The minimum Gasteiger partial charge on any atom is -0.481 e. The number of hydrogen-bond acceptors (Lipinski definition) is 3. The average Bonchev–Trinajstić information content (AvgIpc) is 2.43. The first kappa shape index (κ1) is 14.6. The van der Waals surface area contributed by atoms with Gasteiger partial charge < -0.3 is 9.84 Å². The zero-order valence-corrected chi connectivity index (χ0v) is 11.7.